The van der Waals surface area contributed by atoms with E-state index in [4.69, 9.17) is 5.11 Å². The van der Waals surface area contributed by atoms with Gasteiger partial charge in [0.15, 0.2) is 0 Å². The zero-order valence-electron chi connectivity index (χ0n) is 9.23. The second-order valence-corrected chi connectivity index (χ2v) is 4.38. The molecule has 1 heterocycles. The third-order valence-corrected chi connectivity index (χ3v) is 2.82. The summed E-state index contributed by atoms with van der Waals surface area (Å²) < 4.78 is 0. The zero-order chi connectivity index (χ0) is 11.1. The van der Waals surface area contributed by atoms with Crippen LogP contribution in [0.5, 0.6) is 0 Å². The molecular weight excluding hydrogens is 208 g/mol. The number of rotatable bonds is 6. The van der Waals surface area contributed by atoms with E-state index in [2.05, 4.69) is 16.6 Å². The molecule has 84 valence electrons. The SMILES string of the molecule is CSCC(CCO)Nc1cccc(C)n1. The molecule has 0 saturated heterocycles. The van der Waals surface area contributed by atoms with Crippen LogP contribution in [0, 0.1) is 6.92 Å². The molecule has 1 rings (SSSR count). The molecule has 0 aliphatic rings. The summed E-state index contributed by atoms with van der Waals surface area (Å²) in [5.41, 5.74) is 1.01. The largest absolute Gasteiger partial charge is 0.396 e. The van der Waals surface area contributed by atoms with Crippen LogP contribution in [0.1, 0.15) is 12.1 Å². The van der Waals surface area contributed by atoms with Gasteiger partial charge in [0.25, 0.3) is 0 Å². The molecule has 0 radical (unpaired) electrons. The predicted octanol–water partition coefficient (Wildman–Crippen LogP) is 1.92. The third kappa shape index (κ3) is 4.53. The quantitative estimate of drug-likeness (QED) is 0.778. The summed E-state index contributed by atoms with van der Waals surface area (Å²) in [5, 5.41) is 12.3. The smallest absolute Gasteiger partial charge is 0.126 e. The average Bonchev–Trinajstić information content (AvgIpc) is 2.18. The van der Waals surface area contributed by atoms with Crippen molar-refractivity contribution in [3.8, 4) is 0 Å². The van der Waals surface area contributed by atoms with Crippen molar-refractivity contribution in [3.63, 3.8) is 0 Å². The van der Waals surface area contributed by atoms with E-state index >= 15 is 0 Å². The van der Waals surface area contributed by atoms with Crippen molar-refractivity contribution in [2.45, 2.75) is 19.4 Å². The van der Waals surface area contributed by atoms with Gasteiger partial charge in [0.1, 0.15) is 5.82 Å². The fourth-order valence-corrected chi connectivity index (χ4v) is 2.04. The Morgan fingerprint density at radius 1 is 1.53 bits per heavy atom. The molecule has 0 saturated carbocycles. The average molecular weight is 226 g/mol. The van der Waals surface area contributed by atoms with Gasteiger partial charge in [0.2, 0.25) is 0 Å². The van der Waals surface area contributed by atoms with E-state index in [0.29, 0.717) is 6.04 Å². The van der Waals surface area contributed by atoms with E-state index in [1.54, 1.807) is 11.8 Å². The fraction of sp³-hybridized carbons (Fsp3) is 0.545. The van der Waals surface area contributed by atoms with Crippen molar-refractivity contribution in [3.05, 3.63) is 23.9 Å². The summed E-state index contributed by atoms with van der Waals surface area (Å²) in [6.45, 7) is 2.19. The predicted molar refractivity (Wildman–Crippen MR) is 66.5 cm³/mol. The monoisotopic (exact) mass is 226 g/mol. The van der Waals surface area contributed by atoms with Gasteiger partial charge in [0, 0.05) is 24.1 Å². The Hall–Kier alpha value is -0.740. The minimum Gasteiger partial charge on any atom is -0.396 e. The van der Waals surface area contributed by atoms with Crippen LogP contribution in [-0.2, 0) is 0 Å². The first-order chi connectivity index (χ1) is 7.26. The normalized spacial score (nSPS) is 12.5. The highest BCUT2D eigenvalue weighted by Gasteiger charge is 2.07. The lowest BCUT2D eigenvalue weighted by Crippen LogP contribution is -2.24. The summed E-state index contributed by atoms with van der Waals surface area (Å²) in [7, 11) is 0. The van der Waals surface area contributed by atoms with Gasteiger partial charge < -0.3 is 10.4 Å². The first kappa shape index (κ1) is 12.3. The Kier molecular flexibility index (Phi) is 5.50. The first-order valence-electron chi connectivity index (χ1n) is 5.06. The van der Waals surface area contributed by atoms with Gasteiger partial charge in [-0.05, 0) is 31.7 Å². The summed E-state index contributed by atoms with van der Waals surface area (Å²) >= 11 is 1.77. The highest BCUT2D eigenvalue weighted by Crippen LogP contribution is 2.10. The lowest BCUT2D eigenvalue weighted by Gasteiger charge is -2.17. The molecule has 0 aliphatic heterocycles. The maximum atomic E-state index is 8.93. The van der Waals surface area contributed by atoms with Crippen LogP contribution in [0.4, 0.5) is 5.82 Å². The topological polar surface area (TPSA) is 45.1 Å². The minimum absolute atomic E-state index is 0.212. The number of nitrogens with one attached hydrogen (secondary N) is 1. The summed E-state index contributed by atoms with van der Waals surface area (Å²) in [4.78, 5) is 4.38. The standard InChI is InChI=1S/C11H18N2OS/c1-9-4-3-5-11(12-9)13-10(6-7-14)8-15-2/h3-5,10,14H,6-8H2,1-2H3,(H,12,13). The Balaban J connectivity index is 2.56. The molecule has 15 heavy (non-hydrogen) atoms. The van der Waals surface area contributed by atoms with Gasteiger partial charge in [-0.15, -0.1) is 0 Å². The molecular formula is C11H18N2OS. The molecule has 3 nitrogen and oxygen atoms in total. The van der Waals surface area contributed by atoms with Crippen LogP contribution >= 0.6 is 11.8 Å². The van der Waals surface area contributed by atoms with Gasteiger partial charge >= 0.3 is 0 Å². The maximum Gasteiger partial charge on any atom is 0.126 e. The second kappa shape index (κ2) is 6.69. The molecule has 0 fully saturated rings. The van der Waals surface area contributed by atoms with Gasteiger partial charge in [-0.2, -0.15) is 11.8 Å². The number of hydrogen-bond donors (Lipinski definition) is 2. The van der Waals surface area contributed by atoms with E-state index < -0.39 is 0 Å². The van der Waals surface area contributed by atoms with Crippen LogP contribution in [0.3, 0.4) is 0 Å². The number of aromatic nitrogens is 1. The van der Waals surface area contributed by atoms with Crippen LogP contribution in [0.15, 0.2) is 18.2 Å². The van der Waals surface area contributed by atoms with Gasteiger partial charge in [-0.25, -0.2) is 4.98 Å². The third-order valence-electron chi connectivity index (χ3n) is 2.09. The summed E-state index contributed by atoms with van der Waals surface area (Å²) in [6, 6.07) is 6.21. The fourth-order valence-electron chi connectivity index (χ4n) is 1.39. The molecule has 1 unspecified atom stereocenters. The minimum atomic E-state index is 0.212. The van der Waals surface area contributed by atoms with Crippen molar-refractivity contribution in [1.29, 1.82) is 0 Å². The van der Waals surface area contributed by atoms with Crippen LogP contribution in [-0.4, -0.2) is 34.7 Å². The van der Waals surface area contributed by atoms with Gasteiger partial charge in [-0.3, -0.25) is 0 Å². The van der Waals surface area contributed by atoms with Crippen LogP contribution in [0.25, 0.3) is 0 Å². The molecule has 0 aliphatic carbocycles. The number of thioether (sulfide) groups is 1. The Bertz CT molecular complexity index is 288. The van der Waals surface area contributed by atoms with Gasteiger partial charge in [-0.1, -0.05) is 6.07 Å². The van der Waals surface area contributed by atoms with Crippen molar-refractivity contribution >= 4 is 17.6 Å². The highest BCUT2D eigenvalue weighted by atomic mass is 32.2. The van der Waals surface area contributed by atoms with E-state index in [0.717, 1.165) is 23.7 Å². The molecule has 1 aromatic heterocycles. The van der Waals surface area contributed by atoms with Crippen LogP contribution < -0.4 is 5.32 Å². The molecule has 0 spiro atoms. The molecule has 0 bridgehead atoms. The number of hydrogen-bond acceptors (Lipinski definition) is 4. The molecule has 1 atom stereocenters. The van der Waals surface area contributed by atoms with Crippen molar-refractivity contribution in [2.75, 3.05) is 23.9 Å². The number of aliphatic hydroxyl groups is 1. The van der Waals surface area contributed by atoms with E-state index in [9.17, 15) is 0 Å². The van der Waals surface area contributed by atoms with Crippen LogP contribution in [0.2, 0.25) is 0 Å². The highest BCUT2D eigenvalue weighted by molar-refractivity contribution is 7.98. The number of aryl methyl sites for hydroxylation is 1. The molecule has 2 N–H and O–H groups in total. The van der Waals surface area contributed by atoms with Crippen molar-refractivity contribution in [2.24, 2.45) is 0 Å². The van der Waals surface area contributed by atoms with Gasteiger partial charge in [0.05, 0.1) is 0 Å². The number of nitrogens with zero attached hydrogens (tertiary/aromatic N) is 1. The van der Waals surface area contributed by atoms with E-state index in [-0.39, 0.29) is 6.61 Å². The lowest BCUT2D eigenvalue weighted by molar-refractivity contribution is 0.282. The van der Waals surface area contributed by atoms with Crippen molar-refractivity contribution < 1.29 is 5.11 Å². The number of anilines is 1. The van der Waals surface area contributed by atoms with Crippen molar-refractivity contribution in [1.82, 2.24) is 4.98 Å². The first-order valence-corrected chi connectivity index (χ1v) is 6.45. The van der Waals surface area contributed by atoms with E-state index in [1.165, 1.54) is 0 Å². The maximum absolute atomic E-state index is 8.93. The molecule has 0 amide bonds. The lowest BCUT2D eigenvalue weighted by atomic mass is 10.2. The van der Waals surface area contributed by atoms with E-state index in [1.807, 2.05) is 25.1 Å². The second-order valence-electron chi connectivity index (χ2n) is 3.47. The Labute approximate surface area is 95.3 Å². The zero-order valence-corrected chi connectivity index (χ0v) is 10.0. The molecule has 0 aromatic carbocycles. The summed E-state index contributed by atoms with van der Waals surface area (Å²) in [6.07, 6.45) is 2.83. The number of pyridine rings is 1. The number of aliphatic hydroxyl groups excluding tert-OH is 1. The molecule has 1 aromatic rings. The Morgan fingerprint density at radius 2 is 2.33 bits per heavy atom. The summed E-state index contributed by atoms with van der Waals surface area (Å²) in [5.74, 6) is 1.87. The Morgan fingerprint density at radius 3 is 2.93 bits per heavy atom. The molecule has 4 heteroatoms.